The Hall–Kier alpha value is -1.97. The maximum absolute atomic E-state index is 14.6. The number of nitrogens with zero attached hydrogens (tertiary/aromatic N) is 4. The normalized spacial score (nSPS) is 20.1. The van der Waals surface area contributed by atoms with Crippen LogP contribution < -0.4 is 4.90 Å². The molecule has 2 aliphatic rings. The van der Waals surface area contributed by atoms with E-state index in [0.717, 1.165) is 63.5 Å². The zero-order valence-corrected chi connectivity index (χ0v) is 21.4. The number of rotatable bonds is 5. The van der Waals surface area contributed by atoms with Crippen molar-refractivity contribution < 1.29 is 17.6 Å². The lowest BCUT2D eigenvalue weighted by molar-refractivity contribution is -0.137. The first-order valence-electron chi connectivity index (χ1n) is 11.2. The van der Waals surface area contributed by atoms with Crippen molar-refractivity contribution in [2.45, 2.75) is 49.5 Å². The molecule has 0 unspecified atom stereocenters. The standard InChI is InChI=1S/C23H28ClFN4O3S.ClH/c1-33(31,32)19-6-5-16(20(25)13-19)12-17-4-2-3-9-29(23(17)30)18-7-10-28(11-8-18)22-15-26-21(24)14-27-22;/h5-6,13-15,17-18H,2-4,7-12H2,1H3;1H/t17-;/m1./s1. The molecule has 1 aromatic heterocycles. The number of hydrogen-bond donors (Lipinski definition) is 0. The summed E-state index contributed by atoms with van der Waals surface area (Å²) in [5, 5.41) is 0.359. The molecule has 0 saturated carbocycles. The van der Waals surface area contributed by atoms with Crippen molar-refractivity contribution in [1.82, 2.24) is 14.9 Å². The van der Waals surface area contributed by atoms with E-state index in [9.17, 15) is 17.6 Å². The number of sulfone groups is 1. The first-order chi connectivity index (χ1) is 15.7. The van der Waals surface area contributed by atoms with E-state index in [4.69, 9.17) is 11.6 Å². The Morgan fingerprint density at radius 2 is 1.82 bits per heavy atom. The van der Waals surface area contributed by atoms with Crippen LogP contribution in [0.25, 0.3) is 0 Å². The fraction of sp³-hybridized carbons (Fsp3) is 0.522. The highest BCUT2D eigenvalue weighted by molar-refractivity contribution is 7.90. The molecule has 1 aromatic carbocycles. The number of carbonyl (C=O) groups is 1. The van der Waals surface area contributed by atoms with Crippen LogP contribution >= 0.6 is 24.0 Å². The number of likely N-dealkylation sites (tertiary alicyclic amines) is 1. The van der Waals surface area contributed by atoms with Crippen molar-refractivity contribution in [1.29, 1.82) is 0 Å². The monoisotopic (exact) mass is 530 g/mol. The molecule has 2 aliphatic heterocycles. The van der Waals surface area contributed by atoms with Crippen molar-refractivity contribution in [2.24, 2.45) is 5.92 Å². The van der Waals surface area contributed by atoms with Crippen molar-refractivity contribution in [3.8, 4) is 0 Å². The molecule has 2 aromatic rings. The summed E-state index contributed by atoms with van der Waals surface area (Å²) in [6.07, 6.45) is 8.76. The molecule has 0 aliphatic carbocycles. The van der Waals surface area contributed by atoms with Crippen molar-refractivity contribution in [3.63, 3.8) is 0 Å². The van der Waals surface area contributed by atoms with E-state index >= 15 is 0 Å². The molecule has 3 heterocycles. The van der Waals surface area contributed by atoms with Gasteiger partial charge in [0, 0.05) is 37.8 Å². The predicted octanol–water partition coefficient (Wildman–Crippen LogP) is 3.93. The Morgan fingerprint density at radius 1 is 1.09 bits per heavy atom. The van der Waals surface area contributed by atoms with Crippen LogP contribution in [-0.4, -0.2) is 61.1 Å². The number of hydrogen-bond acceptors (Lipinski definition) is 6. The van der Waals surface area contributed by atoms with Gasteiger partial charge in [-0.2, -0.15) is 0 Å². The maximum Gasteiger partial charge on any atom is 0.226 e. The van der Waals surface area contributed by atoms with E-state index < -0.39 is 15.7 Å². The molecular weight excluding hydrogens is 502 g/mol. The lowest BCUT2D eigenvalue weighted by Crippen LogP contribution is -2.49. The van der Waals surface area contributed by atoms with Gasteiger partial charge in [-0.25, -0.2) is 22.8 Å². The van der Waals surface area contributed by atoms with E-state index in [-0.39, 0.29) is 41.6 Å². The molecule has 2 saturated heterocycles. The van der Waals surface area contributed by atoms with Gasteiger partial charge in [0.05, 0.1) is 17.3 Å². The van der Waals surface area contributed by atoms with Gasteiger partial charge in [-0.3, -0.25) is 4.79 Å². The minimum absolute atomic E-state index is 0. The van der Waals surface area contributed by atoms with E-state index in [2.05, 4.69) is 14.9 Å². The summed E-state index contributed by atoms with van der Waals surface area (Å²) in [5.41, 5.74) is 0.388. The minimum Gasteiger partial charge on any atom is -0.355 e. The summed E-state index contributed by atoms with van der Waals surface area (Å²) >= 11 is 5.83. The smallest absolute Gasteiger partial charge is 0.226 e. The Labute approximate surface area is 211 Å². The second kappa shape index (κ2) is 11.2. The number of aromatic nitrogens is 2. The molecule has 2 fully saturated rings. The summed E-state index contributed by atoms with van der Waals surface area (Å²) in [4.78, 5) is 26.0. The summed E-state index contributed by atoms with van der Waals surface area (Å²) in [5.74, 6) is -0.0140. The molecule has 0 spiro atoms. The Balaban J connectivity index is 0.00000324. The third-order valence-electron chi connectivity index (χ3n) is 6.59. The highest BCUT2D eigenvalue weighted by Gasteiger charge is 2.34. The van der Waals surface area contributed by atoms with Crippen molar-refractivity contribution in [3.05, 3.63) is 47.1 Å². The van der Waals surface area contributed by atoms with E-state index in [1.54, 1.807) is 6.20 Å². The molecule has 1 atom stereocenters. The molecule has 34 heavy (non-hydrogen) atoms. The van der Waals surface area contributed by atoms with Gasteiger partial charge in [-0.15, -0.1) is 12.4 Å². The third kappa shape index (κ3) is 6.17. The second-order valence-electron chi connectivity index (χ2n) is 8.87. The molecule has 4 rings (SSSR count). The quantitative estimate of drug-likeness (QED) is 0.582. The van der Waals surface area contributed by atoms with Gasteiger partial charge < -0.3 is 9.80 Å². The number of benzene rings is 1. The SMILES string of the molecule is CS(=O)(=O)c1ccc(C[C@H]2CCCCN(C3CCN(c4cnc(Cl)cn4)CC3)C2=O)c(F)c1.Cl. The molecule has 11 heteroatoms. The van der Waals surface area contributed by atoms with Gasteiger partial charge >= 0.3 is 0 Å². The zero-order valence-electron chi connectivity index (χ0n) is 19.0. The van der Waals surface area contributed by atoms with Crippen LogP contribution in [0.1, 0.15) is 37.7 Å². The van der Waals surface area contributed by atoms with Crippen LogP contribution in [0.5, 0.6) is 0 Å². The summed E-state index contributed by atoms with van der Waals surface area (Å²) in [6.45, 7) is 2.27. The van der Waals surface area contributed by atoms with Gasteiger partial charge in [0.15, 0.2) is 9.84 Å². The van der Waals surface area contributed by atoms with Crippen LogP contribution in [0.2, 0.25) is 5.15 Å². The summed E-state index contributed by atoms with van der Waals surface area (Å²) in [6, 6.07) is 4.12. The molecule has 0 radical (unpaired) electrons. The lowest BCUT2D eigenvalue weighted by Gasteiger charge is -2.39. The van der Waals surface area contributed by atoms with Crippen LogP contribution in [-0.2, 0) is 21.1 Å². The topological polar surface area (TPSA) is 83.5 Å². The van der Waals surface area contributed by atoms with Gasteiger partial charge in [-0.05, 0) is 49.8 Å². The van der Waals surface area contributed by atoms with E-state index in [1.807, 2.05) is 4.90 Å². The third-order valence-corrected chi connectivity index (χ3v) is 7.89. The van der Waals surface area contributed by atoms with E-state index in [0.29, 0.717) is 17.1 Å². The predicted molar refractivity (Wildman–Crippen MR) is 132 cm³/mol. The molecular formula is C23H29Cl2FN4O3S. The first-order valence-corrected chi connectivity index (χ1v) is 13.5. The number of halogens is 3. The van der Waals surface area contributed by atoms with Crippen LogP contribution in [0.3, 0.4) is 0 Å². The van der Waals surface area contributed by atoms with Crippen LogP contribution in [0, 0.1) is 11.7 Å². The highest BCUT2D eigenvalue weighted by Crippen LogP contribution is 2.29. The number of piperidine rings is 1. The largest absolute Gasteiger partial charge is 0.355 e. The zero-order chi connectivity index (χ0) is 23.6. The summed E-state index contributed by atoms with van der Waals surface area (Å²) in [7, 11) is -3.48. The number of amides is 1. The Bertz CT molecular complexity index is 1110. The van der Waals surface area contributed by atoms with Gasteiger partial charge in [0.25, 0.3) is 0 Å². The summed E-state index contributed by atoms with van der Waals surface area (Å²) < 4.78 is 38.0. The minimum atomic E-state index is -3.48. The van der Waals surface area contributed by atoms with E-state index in [1.165, 1.54) is 18.3 Å². The Morgan fingerprint density at radius 3 is 2.44 bits per heavy atom. The molecule has 7 nitrogen and oxygen atoms in total. The average Bonchev–Trinajstić information content (AvgIpc) is 2.96. The molecule has 1 amide bonds. The lowest BCUT2D eigenvalue weighted by atomic mass is 9.93. The first kappa shape index (κ1) is 26.6. The number of anilines is 1. The second-order valence-corrected chi connectivity index (χ2v) is 11.3. The maximum atomic E-state index is 14.6. The fourth-order valence-electron chi connectivity index (χ4n) is 4.76. The van der Waals surface area contributed by atoms with Crippen molar-refractivity contribution >= 4 is 45.6 Å². The highest BCUT2D eigenvalue weighted by atomic mass is 35.5. The van der Waals surface area contributed by atoms with Gasteiger partial charge in [0.1, 0.15) is 16.8 Å². The van der Waals surface area contributed by atoms with Crippen LogP contribution in [0.15, 0.2) is 35.5 Å². The van der Waals surface area contributed by atoms with Crippen molar-refractivity contribution in [2.75, 3.05) is 30.8 Å². The molecule has 0 N–H and O–H groups in total. The Kier molecular flexibility index (Phi) is 8.76. The number of carbonyl (C=O) groups excluding carboxylic acids is 1. The van der Waals surface area contributed by atoms with Gasteiger partial charge in [-0.1, -0.05) is 24.1 Å². The average molecular weight is 531 g/mol. The fourth-order valence-corrected chi connectivity index (χ4v) is 5.49. The van der Waals surface area contributed by atoms with Gasteiger partial charge in [0.2, 0.25) is 5.91 Å². The molecule has 186 valence electrons. The molecule has 0 bridgehead atoms. The van der Waals surface area contributed by atoms with Crippen LogP contribution in [0.4, 0.5) is 10.2 Å².